The van der Waals surface area contributed by atoms with E-state index in [2.05, 4.69) is 11.1 Å². The third-order valence-corrected chi connectivity index (χ3v) is 3.60. The van der Waals surface area contributed by atoms with Crippen molar-refractivity contribution in [2.45, 2.75) is 32.0 Å². The normalized spacial score (nSPS) is 22.5. The van der Waals surface area contributed by atoms with Gasteiger partial charge in [-0.3, -0.25) is 4.79 Å². The Morgan fingerprint density at radius 2 is 2.32 bits per heavy atom. The van der Waals surface area contributed by atoms with Gasteiger partial charge in [0.1, 0.15) is 6.10 Å². The maximum atomic E-state index is 12.4. The molecule has 2 unspecified atom stereocenters. The predicted octanol–water partition coefficient (Wildman–Crippen LogP) is 2.79. The summed E-state index contributed by atoms with van der Waals surface area (Å²) in [7, 11) is 0. The molecule has 1 saturated heterocycles. The van der Waals surface area contributed by atoms with Crippen LogP contribution in [-0.4, -0.2) is 23.0 Å². The van der Waals surface area contributed by atoms with E-state index in [4.69, 9.17) is 10.00 Å². The van der Waals surface area contributed by atoms with Gasteiger partial charge in [-0.25, -0.2) is 0 Å². The number of nitrogens with one attached hydrogen (secondary N) is 1. The summed E-state index contributed by atoms with van der Waals surface area (Å²) in [5, 5.41) is 9.74. The molecule has 0 spiro atoms. The Kier molecular flexibility index (Phi) is 2.84. The summed E-state index contributed by atoms with van der Waals surface area (Å²) in [6, 6.07) is 7.40. The number of hydrogen-bond donors (Lipinski definition) is 1. The molecule has 4 heteroatoms. The van der Waals surface area contributed by atoms with Crippen LogP contribution in [0.25, 0.3) is 10.9 Å². The molecule has 19 heavy (non-hydrogen) atoms. The zero-order chi connectivity index (χ0) is 13.4. The van der Waals surface area contributed by atoms with Crippen molar-refractivity contribution in [3.8, 4) is 6.07 Å². The highest BCUT2D eigenvalue weighted by Crippen LogP contribution is 2.26. The molecule has 4 nitrogen and oxygen atoms in total. The highest BCUT2D eigenvalue weighted by molar-refractivity contribution is 6.10. The van der Waals surface area contributed by atoms with Crippen LogP contribution in [0, 0.1) is 11.3 Å². The average molecular weight is 254 g/mol. The lowest BCUT2D eigenvalue weighted by molar-refractivity contribution is 0.0435. The number of ketones is 1. The summed E-state index contributed by atoms with van der Waals surface area (Å²) in [6.07, 6.45) is 3.20. The van der Waals surface area contributed by atoms with Crippen molar-refractivity contribution in [1.82, 2.24) is 4.98 Å². The lowest BCUT2D eigenvalue weighted by atomic mass is 10.0. The lowest BCUT2D eigenvalue weighted by Crippen LogP contribution is -2.20. The first-order valence-corrected chi connectivity index (χ1v) is 6.40. The van der Waals surface area contributed by atoms with Gasteiger partial charge in [0.2, 0.25) is 0 Å². The number of H-pyrrole nitrogens is 1. The quantitative estimate of drug-likeness (QED) is 0.838. The number of aromatic amines is 1. The van der Waals surface area contributed by atoms with Gasteiger partial charge < -0.3 is 9.72 Å². The standard InChI is InChI=1S/C15H14N2O2/c1-9-2-5-14(19-9)15(18)12-8-17-13-4-3-10(7-16)6-11(12)13/h3-4,6,8-9,14,17H,2,5H2,1H3. The topological polar surface area (TPSA) is 65.9 Å². The second kappa shape index (κ2) is 4.52. The summed E-state index contributed by atoms with van der Waals surface area (Å²) in [4.78, 5) is 15.5. The molecule has 1 N–H and O–H groups in total. The Morgan fingerprint density at radius 1 is 1.47 bits per heavy atom. The molecule has 1 aliphatic heterocycles. The number of nitriles is 1. The van der Waals surface area contributed by atoms with Gasteiger partial charge in [0.15, 0.2) is 5.78 Å². The molecule has 2 aromatic rings. The fourth-order valence-corrected chi connectivity index (χ4v) is 2.56. The average Bonchev–Trinajstić information content (AvgIpc) is 3.03. The predicted molar refractivity (Wildman–Crippen MR) is 70.9 cm³/mol. The molecule has 3 rings (SSSR count). The molecular formula is C15H14N2O2. The molecule has 1 aliphatic rings. The fourth-order valence-electron chi connectivity index (χ4n) is 2.56. The number of Topliss-reactive ketones (excluding diaryl/α,β-unsaturated/α-hetero) is 1. The minimum atomic E-state index is -0.347. The zero-order valence-electron chi connectivity index (χ0n) is 10.6. The van der Waals surface area contributed by atoms with Crippen LogP contribution in [0.15, 0.2) is 24.4 Å². The van der Waals surface area contributed by atoms with Crippen LogP contribution >= 0.6 is 0 Å². The highest BCUT2D eigenvalue weighted by Gasteiger charge is 2.30. The van der Waals surface area contributed by atoms with E-state index < -0.39 is 0 Å². The Morgan fingerprint density at radius 3 is 3.00 bits per heavy atom. The third-order valence-electron chi connectivity index (χ3n) is 3.60. The van der Waals surface area contributed by atoms with E-state index >= 15 is 0 Å². The first-order chi connectivity index (χ1) is 9.19. The smallest absolute Gasteiger partial charge is 0.193 e. The maximum absolute atomic E-state index is 12.4. The van der Waals surface area contributed by atoms with Crippen molar-refractivity contribution in [3.05, 3.63) is 35.5 Å². The van der Waals surface area contributed by atoms with Gasteiger partial charge in [0.25, 0.3) is 0 Å². The summed E-state index contributed by atoms with van der Waals surface area (Å²) < 4.78 is 5.62. The number of rotatable bonds is 2. The van der Waals surface area contributed by atoms with Crippen LogP contribution in [-0.2, 0) is 4.74 Å². The summed E-state index contributed by atoms with van der Waals surface area (Å²) >= 11 is 0. The summed E-state index contributed by atoms with van der Waals surface area (Å²) in [5.74, 6) is 0.00527. The van der Waals surface area contributed by atoms with E-state index in [-0.39, 0.29) is 18.0 Å². The summed E-state index contributed by atoms with van der Waals surface area (Å²) in [5.41, 5.74) is 2.04. The van der Waals surface area contributed by atoms with Crippen molar-refractivity contribution in [3.63, 3.8) is 0 Å². The molecule has 96 valence electrons. The molecule has 2 heterocycles. The van der Waals surface area contributed by atoms with Crippen LogP contribution < -0.4 is 0 Å². The molecule has 1 fully saturated rings. The molecule has 2 atom stereocenters. The minimum Gasteiger partial charge on any atom is -0.367 e. The minimum absolute atomic E-state index is 0.00527. The number of ether oxygens (including phenoxy) is 1. The molecule has 0 aliphatic carbocycles. The fraction of sp³-hybridized carbons (Fsp3) is 0.333. The number of benzene rings is 1. The van der Waals surface area contributed by atoms with Crippen molar-refractivity contribution in [1.29, 1.82) is 5.26 Å². The van der Waals surface area contributed by atoms with Gasteiger partial charge in [-0.1, -0.05) is 0 Å². The Labute approximate surface area is 111 Å². The first kappa shape index (κ1) is 11.9. The van der Waals surface area contributed by atoms with Gasteiger partial charge in [-0.15, -0.1) is 0 Å². The van der Waals surface area contributed by atoms with Crippen molar-refractivity contribution in [2.24, 2.45) is 0 Å². The van der Waals surface area contributed by atoms with E-state index in [9.17, 15) is 4.79 Å². The van der Waals surface area contributed by atoms with Gasteiger partial charge in [-0.05, 0) is 38.0 Å². The number of carbonyl (C=O) groups is 1. The van der Waals surface area contributed by atoms with Gasteiger partial charge >= 0.3 is 0 Å². The Balaban J connectivity index is 2.00. The van der Waals surface area contributed by atoms with Crippen molar-refractivity contribution in [2.75, 3.05) is 0 Å². The van der Waals surface area contributed by atoms with E-state index in [1.165, 1.54) is 0 Å². The van der Waals surface area contributed by atoms with Crippen molar-refractivity contribution < 1.29 is 9.53 Å². The molecule has 1 aromatic carbocycles. The molecule has 0 radical (unpaired) electrons. The third kappa shape index (κ3) is 2.02. The van der Waals surface area contributed by atoms with E-state index in [1.54, 1.807) is 18.3 Å². The summed E-state index contributed by atoms with van der Waals surface area (Å²) in [6.45, 7) is 1.98. The number of aromatic nitrogens is 1. The highest BCUT2D eigenvalue weighted by atomic mass is 16.5. The lowest BCUT2D eigenvalue weighted by Gasteiger charge is -2.09. The number of hydrogen-bond acceptors (Lipinski definition) is 3. The Bertz CT molecular complexity index is 681. The zero-order valence-corrected chi connectivity index (χ0v) is 10.6. The van der Waals surface area contributed by atoms with E-state index in [0.717, 1.165) is 23.7 Å². The van der Waals surface area contributed by atoms with Crippen LogP contribution in [0.2, 0.25) is 0 Å². The van der Waals surface area contributed by atoms with Crippen LogP contribution in [0.5, 0.6) is 0 Å². The monoisotopic (exact) mass is 254 g/mol. The second-order valence-electron chi connectivity index (χ2n) is 4.95. The largest absolute Gasteiger partial charge is 0.367 e. The van der Waals surface area contributed by atoms with Gasteiger partial charge in [-0.2, -0.15) is 5.26 Å². The van der Waals surface area contributed by atoms with Crippen LogP contribution in [0.1, 0.15) is 35.7 Å². The SMILES string of the molecule is CC1CCC(C(=O)c2c[nH]c3ccc(C#N)cc23)O1. The van der Waals surface area contributed by atoms with E-state index in [1.807, 2.05) is 13.0 Å². The molecule has 0 bridgehead atoms. The van der Waals surface area contributed by atoms with Gasteiger partial charge in [0.05, 0.1) is 17.7 Å². The van der Waals surface area contributed by atoms with Crippen LogP contribution in [0.3, 0.4) is 0 Å². The maximum Gasteiger partial charge on any atom is 0.193 e. The van der Waals surface area contributed by atoms with Gasteiger partial charge in [0, 0.05) is 22.7 Å². The van der Waals surface area contributed by atoms with E-state index in [0.29, 0.717) is 11.1 Å². The Hall–Kier alpha value is -2.12. The molecule has 0 saturated carbocycles. The number of carbonyl (C=O) groups excluding carboxylic acids is 1. The number of fused-ring (bicyclic) bond motifs is 1. The second-order valence-corrected chi connectivity index (χ2v) is 4.95. The first-order valence-electron chi connectivity index (χ1n) is 6.40. The molecule has 1 aromatic heterocycles. The molecular weight excluding hydrogens is 240 g/mol. The number of nitrogens with zero attached hydrogens (tertiary/aromatic N) is 1. The van der Waals surface area contributed by atoms with Crippen LogP contribution in [0.4, 0.5) is 0 Å². The molecule has 0 amide bonds. The van der Waals surface area contributed by atoms with Crippen molar-refractivity contribution >= 4 is 16.7 Å².